The highest BCUT2D eigenvalue weighted by atomic mass is 16.4. The maximum Gasteiger partial charge on any atom is 0.326 e. The van der Waals surface area contributed by atoms with Gasteiger partial charge < -0.3 is 48.3 Å². The Balaban J connectivity index is 3.11. The lowest BCUT2D eigenvalue weighted by Crippen LogP contribution is -2.57. The number of nitrogens with zero attached hydrogens (tertiary/aromatic N) is 2. The van der Waals surface area contributed by atoms with E-state index in [0.717, 1.165) is 0 Å². The van der Waals surface area contributed by atoms with Crippen LogP contribution in [0.15, 0.2) is 17.5 Å². The van der Waals surface area contributed by atoms with E-state index in [1.54, 1.807) is 13.8 Å². The third-order valence-corrected chi connectivity index (χ3v) is 5.24. The second-order valence-corrected chi connectivity index (χ2v) is 9.09. The van der Waals surface area contributed by atoms with Crippen molar-refractivity contribution in [2.45, 2.75) is 70.1 Å². The molecule has 1 heterocycles. The Morgan fingerprint density at radius 3 is 2.13 bits per heavy atom. The molecule has 0 spiro atoms. The number of carboxylic acid groups (broad SMARTS) is 2. The number of guanidine groups is 1. The van der Waals surface area contributed by atoms with Crippen molar-refractivity contribution in [3.05, 3.63) is 18.2 Å². The maximum atomic E-state index is 13.2. The van der Waals surface area contributed by atoms with Crippen LogP contribution in [0.5, 0.6) is 0 Å². The monoisotopic (exact) mass is 539 g/mol. The molecule has 1 rings (SSSR count). The average molecular weight is 540 g/mol. The lowest BCUT2D eigenvalue weighted by molar-refractivity contribution is -0.142. The van der Waals surface area contributed by atoms with E-state index in [4.69, 9.17) is 22.3 Å². The number of hydrogen-bond donors (Lipinski definition) is 9. The molecule has 3 amide bonds. The topological polar surface area (TPSA) is 281 Å². The van der Waals surface area contributed by atoms with E-state index < -0.39 is 60.2 Å². The minimum absolute atomic E-state index is 0.0321. The van der Waals surface area contributed by atoms with Crippen molar-refractivity contribution in [2.75, 3.05) is 6.54 Å². The van der Waals surface area contributed by atoms with Crippen LogP contribution in [0.2, 0.25) is 0 Å². The van der Waals surface area contributed by atoms with Crippen LogP contribution in [0.25, 0.3) is 0 Å². The van der Waals surface area contributed by atoms with E-state index in [0.29, 0.717) is 5.69 Å². The zero-order chi connectivity index (χ0) is 28.8. The fourth-order valence-corrected chi connectivity index (χ4v) is 3.39. The van der Waals surface area contributed by atoms with Crippen molar-refractivity contribution in [1.82, 2.24) is 25.9 Å². The van der Waals surface area contributed by atoms with Gasteiger partial charge in [0, 0.05) is 24.9 Å². The number of imidazole rings is 1. The predicted octanol–water partition coefficient (Wildman–Crippen LogP) is -2.61. The highest BCUT2D eigenvalue weighted by Crippen LogP contribution is 2.08. The van der Waals surface area contributed by atoms with Crippen LogP contribution in [0.1, 0.15) is 45.2 Å². The third kappa shape index (κ3) is 12.2. The van der Waals surface area contributed by atoms with Crippen LogP contribution in [-0.2, 0) is 30.4 Å². The smallest absolute Gasteiger partial charge is 0.326 e. The van der Waals surface area contributed by atoms with Gasteiger partial charge in [-0.3, -0.25) is 24.2 Å². The number of hydrogen-bond acceptors (Lipinski definition) is 8. The molecule has 1 aromatic rings. The number of aliphatic carboxylic acids is 2. The summed E-state index contributed by atoms with van der Waals surface area (Å²) in [5.41, 5.74) is 16.7. The number of carbonyl (C=O) groups excluding carboxylic acids is 3. The van der Waals surface area contributed by atoms with Crippen molar-refractivity contribution in [1.29, 1.82) is 0 Å². The number of carboxylic acids is 2. The summed E-state index contributed by atoms with van der Waals surface area (Å²) >= 11 is 0. The molecule has 38 heavy (non-hydrogen) atoms. The van der Waals surface area contributed by atoms with Gasteiger partial charge in [0.2, 0.25) is 17.7 Å². The zero-order valence-electron chi connectivity index (χ0n) is 21.3. The Labute approximate surface area is 219 Å². The van der Waals surface area contributed by atoms with Gasteiger partial charge in [-0.25, -0.2) is 9.78 Å². The molecule has 0 saturated carbocycles. The van der Waals surface area contributed by atoms with Crippen molar-refractivity contribution in [2.24, 2.45) is 28.1 Å². The molecule has 0 aliphatic rings. The van der Waals surface area contributed by atoms with Gasteiger partial charge in [-0.2, -0.15) is 0 Å². The van der Waals surface area contributed by atoms with Crippen LogP contribution in [-0.4, -0.2) is 86.5 Å². The molecule has 0 fully saturated rings. The molecule has 12 N–H and O–H groups in total. The third-order valence-electron chi connectivity index (χ3n) is 5.24. The maximum absolute atomic E-state index is 13.2. The van der Waals surface area contributed by atoms with E-state index in [9.17, 15) is 29.1 Å². The first-order valence-electron chi connectivity index (χ1n) is 11.9. The lowest BCUT2D eigenvalue weighted by Gasteiger charge is -2.25. The summed E-state index contributed by atoms with van der Waals surface area (Å²) < 4.78 is 0. The van der Waals surface area contributed by atoms with Crippen molar-refractivity contribution in [3.63, 3.8) is 0 Å². The minimum atomic E-state index is -1.42. The SMILES string of the molecule is CC(C)CC(NC(=O)C(CCCN=C(N)N)NC(=O)C(Cc1cnc[nH]1)NC(=O)C(N)CC(=O)O)C(=O)O. The summed E-state index contributed by atoms with van der Waals surface area (Å²) in [4.78, 5) is 71.7. The van der Waals surface area contributed by atoms with Gasteiger partial charge in [0.15, 0.2) is 5.96 Å². The second-order valence-electron chi connectivity index (χ2n) is 9.09. The Morgan fingerprint density at radius 2 is 1.61 bits per heavy atom. The quantitative estimate of drug-likeness (QED) is 0.0561. The van der Waals surface area contributed by atoms with Gasteiger partial charge in [0.05, 0.1) is 18.8 Å². The van der Waals surface area contributed by atoms with Crippen LogP contribution < -0.4 is 33.2 Å². The summed E-state index contributed by atoms with van der Waals surface area (Å²) in [6.07, 6.45) is 2.52. The van der Waals surface area contributed by atoms with Crippen LogP contribution in [0, 0.1) is 5.92 Å². The summed E-state index contributed by atoms with van der Waals surface area (Å²) in [7, 11) is 0. The number of nitrogens with two attached hydrogens (primary N) is 3. The standard InChI is InChI=1S/C22H37N9O7/c1-11(2)6-16(21(37)38)31-19(35)14(4-3-5-27-22(24)25)29-20(36)15(7-12-9-26-10-28-12)30-18(34)13(23)8-17(32)33/h9-11,13-16H,3-8,23H2,1-2H3,(H,26,28)(H,29,36)(H,30,34)(H,31,35)(H,32,33)(H,37,38)(H4,24,25,27). The van der Waals surface area contributed by atoms with Gasteiger partial charge in [-0.15, -0.1) is 0 Å². The molecule has 16 heteroatoms. The highest BCUT2D eigenvalue weighted by Gasteiger charge is 2.31. The number of H-pyrrole nitrogens is 1. The molecule has 16 nitrogen and oxygen atoms in total. The Bertz CT molecular complexity index is 978. The molecule has 0 radical (unpaired) electrons. The molecule has 0 saturated heterocycles. The van der Waals surface area contributed by atoms with Crippen molar-refractivity contribution in [3.8, 4) is 0 Å². The van der Waals surface area contributed by atoms with E-state index in [1.165, 1.54) is 12.5 Å². The van der Waals surface area contributed by atoms with Gasteiger partial charge in [0.1, 0.15) is 18.1 Å². The lowest BCUT2D eigenvalue weighted by atomic mass is 10.0. The average Bonchev–Trinajstić information content (AvgIpc) is 3.32. The zero-order valence-corrected chi connectivity index (χ0v) is 21.3. The van der Waals surface area contributed by atoms with Gasteiger partial charge in [-0.1, -0.05) is 13.8 Å². The van der Waals surface area contributed by atoms with Crippen LogP contribution in [0.3, 0.4) is 0 Å². The molecule has 0 aromatic carbocycles. The Morgan fingerprint density at radius 1 is 1.00 bits per heavy atom. The van der Waals surface area contributed by atoms with Gasteiger partial charge >= 0.3 is 11.9 Å². The molecule has 0 aliphatic carbocycles. The van der Waals surface area contributed by atoms with E-state index >= 15 is 0 Å². The number of rotatable bonds is 17. The highest BCUT2D eigenvalue weighted by molar-refractivity contribution is 5.94. The van der Waals surface area contributed by atoms with Crippen LogP contribution in [0.4, 0.5) is 0 Å². The summed E-state index contributed by atoms with van der Waals surface area (Å²) in [6.45, 7) is 3.75. The fraction of sp³-hybridized carbons (Fsp3) is 0.591. The molecule has 4 atom stereocenters. The van der Waals surface area contributed by atoms with Crippen LogP contribution >= 0.6 is 0 Å². The predicted molar refractivity (Wildman–Crippen MR) is 135 cm³/mol. The van der Waals surface area contributed by atoms with Crippen molar-refractivity contribution >= 4 is 35.6 Å². The fourth-order valence-electron chi connectivity index (χ4n) is 3.39. The van der Waals surface area contributed by atoms with E-state index in [2.05, 4.69) is 30.9 Å². The summed E-state index contributed by atoms with van der Waals surface area (Å²) in [5, 5.41) is 25.8. The largest absolute Gasteiger partial charge is 0.481 e. The Kier molecular flexibility index (Phi) is 13.2. The molecule has 212 valence electrons. The number of aliphatic imine (C=N–C) groups is 1. The molecular weight excluding hydrogens is 502 g/mol. The summed E-state index contributed by atoms with van der Waals surface area (Å²) in [5.74, 6) is -5.13. The summed E-state index contributed by atoms with van der Waals surface area (Å²) in [6, 6.07) is -5.06. The number of carbonyl (C=O) groups is 5. The normalized spacial score (nSPS) is 14.0. The first kappa shape index (κ1) is 31.8. The molecule has 0 aliphatic heterocycles. The first-order chi connectivity index (χ1) is 17.8. The second kappa shape index (κ2) is 15.8. The number of nitrogens with one attached hydrogen (secondary N) is 4. The molecule has 0 bridgehead atoms. The van der Waals surface area contributed by atoms with E-state index in [-0.39, 0.29) is 44.1 Å². The number of amides is 3. The van der Waals surface area contributed by atoms with Gasteiger partial charge in [0.25, 0.3) is 0 Å². The number of aromatic nitrogens is 2. The number of aromatic amines is 1. The van der Waals surface area contributed by atoms with Crippen molar-refractivity contribution < 1.29 is 34.2 Å². The van der Waals surface area contributed by atoms with Gasteiger partial charge in [-0.05, 0) is 25.2 Å². The first-order valence-corrected chi connectivity index (χ1v) is 11.9. The minimum Gasteiger partial charge on any atom is -0.481 e. The van der Waals surface area contributed by atoms with E-state index in [1.807, 2.05) is 0 Å². The molecule has 4 unspecified atom stereocenters. The molecular formula is C22H37N9O7. The molecule has 1 aromatic heterocycles. The Hall–Kier alpha value is -4.21.